The Labute approximate surface area is 108 Å². The van der Waals surface area contributed by atoms with E-state index in [1.165, 1.54) is 16.5 Å². The highest BCUT2D eigenvalue weighted by molar-refractivity contribution is 5.79. The lowest BCUT2D eigenvalue weighted by Gasteiger charge is -2.38. The van der Waals surface area contributed by atoms with Gasteiger partial charge in [-0.05, 0) is 31.8 Å². The van der Waals surface area contributed by atoms with Gasteiger partial charge in [0.25, 0.3) is 0 Å². The third-order valence-electron chi connectivity index (χ3n) is 4.01. The van der Waals surface area contributed by atoms with Crippen molar-refractivity contribution in [3.8, 4) is 0 Å². The van der Waals surface area contributed by atoms with Crippen LogP contribution in [0.2, 0.25) is 0 Å². The molecule has 18 heavy (non-hydrogen) atoms. The number of hydrogen-bond donors (Lipinski definition) is 0. The summed E-state index contributed by atoms with van der Waals surface area (Å²) in [5.41, 5.74) is 2.59. The fourth-order valence-electron chi connectivity index (χ4n) is 2.76. The number of likely N-dealkylation sites (N-methyl/N-ethyl adjacent to an activating group) is 2. The largest absolute Gasteiger partial charge is 0.303 e. The van der Waals surface area contributed by atoms with Crippen LogP contribution in [0.3, 0.4) is 0 Å². The molecular weight excluding hydrogens is 224 g/mol. The van der Waals surface area contributed by atoms with Crippen LogP contribution < -0.4 is 0 Å². The standard InChI is InChI=1S/C14H20N4/c1-16-6-7-17(2)14(10-16)11-4-5-13-12(8-11)9-15-18(13)3/h4-5,8-9,14H,6-7,10H2,1-3H3. The first kappa shape index (κ1) is 11.7. The van der Waals surface area contributed by atoms with Crippen LogP contribution in [-0.4, -0.2) is 53.3 Å². The van der Waals surface area contributed by atoms with Crippen molar-refractivity contribution in [3.63, 3.8) is 0 Å². The SMILES string of the molecule is CN1CCN(C)C(c2ccc3c(cnn3C)c2)C1. The molecule has 0 N–H and O–H groups in total. The predicted molar refractivity (Wildman–Crippen MR) is 73.6 cm³/mol. The summed E-state index contributed by atoms with van der Waals surface area (Å²) in [5.74, 6) is 0. The quantitative estimate of drug-likeness (QED) is 0.759. The van der Waals surface area contributed by atoms with Crippen molar-refractivity contribution in [1.82, 2.24) is 19.6 Å². The molecule has 2 aromatic rings. The summed E-state index contributed by atoms with van der Waals surface area (Å²) in [7, 11) is 6.40. The number of rotatable bonds is 1. The summed E-state index contributed by atoms with van der Waals surface area (Å²) < 4.78 is 1.93. The van der Waals surface area contributed by atoms with Crippen molar-refractivity contribution in [2.75, 3.05) is 33.7 Å². The average Bonchev–Trinajstić information content (AvgIpc) is 2.74. The van der Waals surface area contributed by atoms with Gasteiger partial charge in [0.1, 0.15) is 0 Å². The molecule has 1 aromatic carbocycles. The van der Waals surface area contributed by atoms with Gasteiger partial charge in [-0.2, -0.15) is 5.10 Å². The molecular formula is C14H20N4. The van der Waals surface area contributed by atoms with E-state index in [0.29, 0.717) is 6.04 Å². The van der Waals surface area contributed by atoms with Gasteiger partial charge in [-0.3, -0.25) is 9.58 Å². The van der Waals surface area contributed by atoms with Crippen LogP contribution in [0.4, 0.5) is 0 Å². The Morgan fingerprint density at radius 3 is 2.83 bits per heavy atom. The lowest BCUT2D eigenvalue weighted by molar-refractivity contribution is 0.115. The van der Waals surface area contributed by atoms with E-state index in [2.05, 4.69) is 47.2 Å². The van der Waals surface area contributed by atoms with E-state index >= 15 is 0 Å². The number of piperazine rings is 1. The highest BCUT2D eigenvalue weighted by Gasteiger charge is 2.23. The van der Waals surface area contributed by atoms with E-state index in [1.54, 1.807) is 0 Å². The second-order valence-electron chi connectivity index (χ2n) is 5.35. The fraction of sp³-hybridized carbons (Fsp3) is 0.500. The molecule has 0 aliphatic carbocycles. The minimum Gasteiger partial charge on any atom is -0.303 e. The van der Waals surface area contributed by atoms with Crippen LogP contribution >= 0.6 is 0 Å². The van der Waals surface area contributed by atoms with Crippen molar-refractivity contribution in [2.45, 2.75) is 6.04 Å². The molecule has 4 heteroatoms. The number of fused-ring (bicyclic) bond motifs is 1. The summed E-state index contributed by atoms with van der Waals surface area (Å²) in [5, 5.41) is 5.54. The maximum atomic E-state index is 4.31. The van der Waals surface area contributed by atoms with Crippen LogP contribution in [0.25, 0.3) is 10.9 Å². The Kier molecular flexibility index (Phi) is 2.84. The van der Waals surface area contributed by atoms with Gasteiger partial charge >= 0.3 is 0 Å². The molecule has 1 aliphatic heterocycles. The number of benzene rings is 1. The van der Waals surface area contributed by atoms with E-state index in [1.807, 2.05) is 17.9 Å². The lowest BCUT2D eigenvalue weighted by atomic mass is 10.0. The zero-order chi connectivity index (χ0) is 12.7. The summed E-state index contributed by atoms with van der Waals surface area (Å²) in [6.45, 7) is 3.39. The third kappa shape index (κ3) is 1.91. The minimum absolute atomic E-state index is 0.494. The minimum atomic E-state index is 0.494. The molecule has 1 saturated heterocycles. The predicted octanol–water partition coefficient (Wildman–Crippen LogP) is 1.49. The molecule has 1 atom stereocenters. The van der Waals surface area contributed by atoms with Gasteiger partial charge in [-0.15, -0.1) is 0 Å². The first-order valence-corrected chi connectivity index (χ1v) is 6.45. The number of hydrogen-bond acceptors (Lipinski definition) is 3. The van der Waals surface area contributed by atoms with Gasteiger partial charge in [-0.1, -0.05) is 6.07 Å². The Balaban J connectivity index is 1.97. The van der Waals surface area contributed by atoms with Gasteiger partial charge in [0.05, 0.1) is 11.7 Å². The van der Waals surface area contributed by atoms with Gasteiger partial charge in [-0.25, -0.2) is 0 Å². The first-order valence-electron chi connectivity index (χ1n) is 6.45. The van der Waals surface area contributed by atoms with Crippen molar-refractivity contribution in [2.24, 2.45) is 7.05 Å². The van der Waals surface area contributed by atoms with Crippen LogP contribution in [0.15, 0.2) is 24.4 Å². The molecule has 4 nitrogen and oxygen atoms in total. The maximum Gasteiger partial charge on any atom is 0.0679 e. The van der Waals surface area contributed by atoms with Gasteiger partial charge in [0.15, 0.2) is 0 Å². The van der Waals surface area contributed by atoms with Crippen molar-refractivity contribution in [1.29, 1.82) is 0 Å². The molecule has 0 radical (unpaired) electrons. The van der Waals surface area contributed by atoms with Crippen LogP contribution in [0, 0.1) is 0 Å². The molecule has 1 aromatic heterocycles. The average molecular weight is 244 g/mol. The van der Waals surface area contributed by atoms with E-state index < -0.39 is 0 Å². The van der Waals surface area contributed by atoms with Crippen molar-refractivity contribution in [3.05, 3.63) is 30.0 Å². The fourth-order valence-corrected chi connectivity index (χ4v) is 2.76. The normalized spacial score (nSPS) is 22.7. The Morgan fingerprint density at radius 2 is 2.00 bits per heavy atom. The summed E-state index contributed by atoms with van der Waals surface area (Å²) in [4.78, 5) is 4.84. The Bertz CT molecular complexity index is 560. The molecule has 1 fully saturated rings. The summed E-state index contributed by atoms with van der Waals surface area (Å²) in [6, 6.07) is 7.20. The van der Waals surface area contributed by atoms with Gasteiger partial charge < -0.3 is 4.90 Å². The number of aryl methyl sites for hydroxylation is 1. The smallest absolute Gasteiger partial charge is 0.0679 e. The zero-order valence-corrected chi connectivity index (χ0v) is 11.3. The van der Waals surface area contributed by atoms with E-state index in [9.17, 15) is 0 Å². The third-order valence-corrected chi connectivity index (χ3v) is 4.01. The van der Waals surface area contributed by atoms with Crippen LogP contribution in [0.5, 0.6) is 0 Å². The number of aromatic nitrogens is 2. The highest BCUT2D eigenvalue weighted by Crippen LogP contribution is 2.26. The molecule has 0 spiro atoms. The molecule has 1 aliphatic rings. The highest BCUT2D eigenvalue weighted by atomic mass is 15.3. The van der Waals surface area contributed by atoms with E-state index in [4.69, 9.17) is 0 Å². The molecule has 3 rings (SSSR count). The Morgan fingerprint density at radius 1 is 1.17 bits per heavy atom. The second kappa shape index (κ2) is 4.37. The monoisotopic (exact) mass is 244 g/mol. The molecule has 0 saturated carbocycles. The van der Waals surface area contributed by atoms with Gasteiger partial charge in [0, 0.05) is 38.1 Å². The van der Waals surface area contributed by atoms with Crippen LogP contribution in [-0.2, 0) is 7.05 Å². The van der Waals surface area contributed by atoms with Gasteiger partial charge in [0.2, 0.25) is 0 Å². The molecule has 1 unspecified atom stereocenters. The van der Waals surface area contributed by atoms with Crippen LogP contribution in [0.1, 0.15) is 11.6 Å². The topological polar surface area (TPSA) is 24.3 Å². The first-order chi connectivity index (χ1) is 8.65. The van der Waals surface area contributed by atoms with E-state index in [0.717, 1.165) is 19.6 Å². The molecule has 2 heterocycles. The molecule has 0 amide bonds. The number of nitrogens with zero attached hydrogens (tertiary/aromatic N) is 4. The summed E-state index contributed by atoms with van der Waals surface area (Å²) in [6.07, 6.45) is 1.95. The maximum absolute atomic E-state index is 4.31. The lowest BCUT2D eigenvalue weighted by Crippen LogP contribution is -2.44. The zero-order valence-electron chi connectivity index (χ0n) is 11.3. The molecule has 96 valence electrons. The van der Waals surface area contributed by atoms with E-state index in [-0.39, 0.29) is 0 Å². The second-order valence-corrected chi connectivity index (χ2v) is 5.35. The van der Waals surface area contributed by atoms with Crippen molar-refractivity contribution < 1.29 is 0 Å². The van der Waals surface area contributed by atoms with Crippen molar-refractivity contribution >= 4 is 10.9 Å². The Hall–Kier alpha value is -1.39. The molecule has 0 bridgehead atoms. The summed E-state index contributed by atoms with van der Waals surface area (Å²) >= 11 is 0.